The molecule has 0 unspecified atom stereocenters. The van der Waals surface area contributed by atoms with Crippen LogP contribution in [0.4, 0.5) is 22.0 Å². The molecule has 0 radical (unpaired) electrons. The lowest BCUT2D eigenvalue weighted by Gasteiger charge is -2.13. The number of benzene rings is 2. The van der Waals surface area contributed by atoms with Gasteiger partial charge in [0, 0.05) is 5.56 Å². The van der Waals surface area contributed by atoms with Crippen molar-refractivity contribution in [1.29, 1.82) is 0 Å². The first-order valence-corrected chi connectivity index (χ1v) is 6.30. The molecule has 2 aromatic carbocycles. The molecule has 0 spiro atoms. The molecule has 0 saturated carbocycles. The van der Waals surface area contributed by atoms with Crippen LogP contribution in [-0.2, 0) is 4.74 Å². The number of hydrogen-bond acceptors (Lipinski definition) is 2. The largest absolute Gasteiger partial charge is 0.475 e. The normalized spacial score (nSPS) is 14.0. The van der Waals surface area contributed by atoms with E-state index in [0.29, 0.717) is 0 Å². The van der Waals surface area contributed by atoms with E-state index in [1.54, 1.807) is 0 Å². The summed E-state index contributed by atoms with van der Waals surface area (Å²) < 4.78 is 73.3. The minimum absolute atomic E-state index is 0.0232. The van der Waals surface area contributed by atoms with Gasteiger partial charge in [-0.3, -0.25) is 0 Å². The van der Waals surface area contributed by atoms with Gasteiger partial charge in [0.25, 0.3) is 0 Å². The van der Waals surface area contributed by atoms with Crippen molar-refractivity contribution in [3.63, 3.8) is 0 Å². The highest BCUT2D eigenvalue weighted by Gasteiger charge is 2.30. The quantitative estimate of drug-likeness (QED) is 0.469. The van der Waals surface area contributed by atoms with Gasteiger partial charge in [0.1, 0.15) is 12.4 Å². The molecule has 114 valence electrons. The van der Waals surface area contributed by atoms with E-state index in [-0.39, 0.29) is 24.6 Å². The first-order chi connectivity index (χ1) is 10.5. The summed E-state index contributed by atoms with van der Waals surface area (Å²) in [4.78, 5) is 3.81. The highest BCUT2D eigenvalue weighted by Crippen LogP contribution is 2.34. The topological polar surface area (TPSA) is 21.6 Å². The molecule has 0 bridgehead atoms. The Kier molecular flexibility index (Phi) is 3.56. The summed E-state index contributed by atoms with van der Waals surface area (Å²) in [6, 6.07) is 4.25. The van der Waals surface area contributed by atoms with Gasteiger partial charge in [-0.1, -0.05) is 12.1 Å². The maximum Gasteiger partial charge on any atom is 0.220 e. The van der Waals surface area contributed by atoms with Crippen molar-refractivity contribution in [3.8, 4) is 11.1 Å². The molecule has 0 fully saturated rings. The number of halogens is 5. The van der Waals surface area contributed by atoms with Gasteiger partial charge in [0.2, 0.25) is 5.90 Å². The molecule has 1 aliphatic heterocycles. The molecule has 0 aromatic heterocycles. The highest BCUT2D eigenvalue weighted by molar-refractivity contribution is 6.02. The maximum atomic E-state index is 14.2. The number of hydrogen-bond donors (Lipinski definition) is 0. The number of nitrogens with zero attached hydrogens (tertiary/aromatic N) is 1. The first kappa shape index (κ1) is 14.5. The molecule has 0 N–H and O–H groups in total. The second-order valence-corrected chi connectivity index (χ2v) is 4.55. The van der Waals surface area contributed by atoms with Crippen LogP contribution < -0.4 is 0 Å². The van der Waals surface area contributed by atoms with E-state index in [0.717, 1.165) is 24.3 Å². The first-order valence-electron chi connectivity index (χ1n) is 6.30. The fraction of sp³-hybridized carbons (Fsp3) is 0.133. The van der Waals surface area contributed by atoms with Crippen LogP contribution in [0.2, 0.25) is 0 Å². The van der Waals surface area contributed by atoms with Gasteiger partial charge in [-0.2, -0.15) is 0 Å². The Labute approximate surface area is 121 Å². The van der Waals surface area contributed by atoms with Crippen LogP contribution >= 0.6 is 0 Å². The number of aliphatic imine (C=N–C) groups is 1. The van der Waals surface area contributed by atoms with Crippen molar-refractivity contribution >= 4 is 5.90 Å². The lowest BCUT2D eigenvalue weighted by atomic mass is 9.97. The molecule has 0 saturated heterocycles. The summed E-state index contributed by atoms with van der Waals surface area (Å²) in [5.74, 6) is -7.99. The van der Waals surface area contributed by atoms with E-state index in [2.05, 4.69) is 4.99 Å². The summed E-state index contributed by atoms with van der Waals surface area (Å²) >= 11 is 0. The fourth-order valence-corrected chi connectivity index (χ4v) is 2.21. The van der Waals surface area contributed by atoms with E-state index in [9.17, 15) is 22.0 Å². The van der Waals surface area contributed by atoms with Crippen LogP contribution in [0.25, 0.3) is 11.1 Å². The van der Waals surface area contributed by atoms with E-state index >= 15 is 0 Å². The third-order valence-corrected chi connectivity index (χ3v) is 3.20. The molecule has 2 nitrogen and oxygen atoms in total. The van der Waals surface area contributed by atoms with E-state index in [1.165, 1.54) is 0 Å². The van der Waals surface area contributed by atoms with Crippen LogP contribution in [-0.4, -0.2) is 19.0 Å². The second-order valence-electron chi connectivity index (χ2n) is 4.55. The Hall–Kier alpha value is -2.44. The highest BCUT2D eigenvalue weighted by atomic mass is 19.2. The summed E-state index contributed by atoms with van der Waals surface area (Å²) in [6.07, 6.45) is 0. The standard InChI is InChI=1S/C15H8F5NO/c16-8-3-1-7(2-4-8)9-10(15-21-5-6-22-15)12(18)14(20)13(19)11(9)17/h1-4H,5-6H2. The molecular formula is C15H8F5NO. The van der Waals surface area contributed by atoms with Crippen LogP contribution in [0.3, 0.4) is 0 Å². The summed E-state index contributed by atoms with van der Waals surface area (Å²) in [5.41, 5.74) is -1.19. The third kappa shape index (κ3) is 2.22. The van der Waals surface area contributed by atoms with Crippen LogP contribution in [0.1, 0.15) is 5.56 Å². The van der Waals surface area contributed by atoms with Crippen LogP contribution in [0.5, 0.6) is 0 Å². The lowest BCUT2D eigenvalue weighted by Crippen LogP contribution is -2.12. The summed E-state index contributed by atoms with van der Waals surface area (Å²) in [7, 11) is 0. The number of ether oxygens (including phenoxy) is 1. The van der Waals surface area contributed by atoms with Crippen molar-refractivity contribution in [2.24, 2.45) is 4.99 Å². The minimum atomic E-state index is -1.95. The second kappa shape index (κ2) is 5.40. The zero-order valence-electron chi connectivity index (χ0n) is 11.0. The van der Waals surface area contributed by atoms with Gasteiger partial charge < -0.3 is 4.74 Å². The molecule has 0 amide bonds. The molecular weight excluding hydrogens is 305 g/mol. The Bertz CT molecular complexity index is 771. The average molecular weight is 313 g/mol. The Morgan fingerprint density at radius 3 is 1.91 bits per heavy atom. The average Bonchev–Trinajstić information content (AvgIpc) is 3.03. The van der Waals surface area contributed by atoms with Gasteiger partial charge >= 0.3 is 0 Å². The molecule has 22 heavy (non-hydrogen) atoms. The zero-order chi connectivity index (χ0) is 15.9. The predicted molar refractivity (Wildman–Crippen MR) is 69.0 cm³/mol. The van der Waals surface area contributed by atoms with Gasteiger partial charge in [-0.05, 0) is 17.7 Å². The predicted octanol–water partition coefficient (Wildman–Crippen LogP) is 3.83. The lowest BCUT2D eigenvalue weighted by molar-refractivity contribution is 0.344. The van der Waals surface area contributed by atoms with Crippen molar-refractivity contribution in [2.45, 2.75) is 0 Å². The molecule has 2 aromatic rings. The molecule has 3 rings (SSSR count). The molecule has 7 heteroatoms. The van der Waals surface area contributed by atoms with E-state index < -0.39 is 40.2 Å². The number of rotatable bonds is 2. The summed E-state index contributed by atoms with van der Waals surface area (Å²) in [5, 5.41) is 0. The van der Waals surface area contributed by atoms with Crippen molar-refractivity contribution in [3.05, 3.63) is 58.9 Å². The summed E-state index contributed by atoms with van der Waals surface area (Å²) in [6.45, 7) is 0.316. The monoisotopic (exact) mass is 313 g/mol. The van der Waals surface area contributed by atoms with Gasteiger partial charge in [0.15, 0.2) is 23.3 Å². The van der Waals surface area contributed by atoms with Gasteiger partial charge in [-0.15, -0.1) is 0 Å². The fourth-order valence-electron chi connectivity index (χ4n) is 2.21. The van der Waals surface area contributed by atoms with Crippen LogP contribution in [0, 0.1) is 29.1 Å². The SMILES string of the molecule is Fc1ccc(-c2c(F)c(F)c(F)c(F)c2C2=NCCO2)cc1. The zero-order valence-corrected chi connectivity index (χ0v) is 11.0. The molecule has 0 aliphatic carbocycles. The molecule has 0 atom stereocenters. The smallest absolute Gasteiger partial charge is 0.220 e. The molecule has 1 aliphatic rings. The third-order valence-electron chi connectivity index (χ3n) is 3.20. The Balaban J connectivity index is 2.33. The van der Waals surface area contributed by atoms with Crippen molar-refractivity contribution in [2.75, 3.05) is 13.2 Å². The van der Waals surface area contributed by atoms with Gasteiger partial charge in [-0.25, -0.2) is 26.9 Å². The van der Waals surface area contributed by atoms with Gasteiger partial charge in [0.05, 0.1) is 12.1 Å². The Morgan fingerprint density at radius 2 is 1.36 bits per heavy atom. The van der Waals surface area contributed by atoms with Crippen molar-refractivity contribution < 1.29 is 26.7 Å². The van der Waals surface area contributed by atoms with Crippen LogP contribution in [0.15, 0.2) is 29.3 Å². The minimum Gasteiger partial charge on any atom is -0.475 e. The Morgan fingerprint density at radius 1 is 0.773 bits per heavy atom. The maximum absolute atomic E-state index is 14.2. The molecule has 1 heterocycles. The van der Waals surface area contributed by atoms with Crippen molar-refractivity contribution in [1.82, 2.24) is 0 Å². The van der Waals surface area contributed by atoms with E-state index in [4.69, 9.17) is 4.74 Å². The van der Waals surface area contributed by atoms with E-state index in [1.807, 2.05) is 0 Å².